The number of nitrogens with one attached hydrogen (secondary N) is 1. The Morgan fingerprint density at radius 2 is 1.71 bits per heavy atom. The van der Waals surface area contributed by atoms with Gasteiger partial charge in [-0.15, -0.1) is 0 Å². The number of H-pyrrole nitrogens is 1. The van der Waals surface area contributed by atoms with E-state index in [0.29, 0.717) is 13.1 Å². The summed E-state index contributed by atoms with van der Waals surface area (Å²) in [6.07, 6.45) is 10.7. The molecule has 3 aromatic heterocycles. The van der Waals surface area contributed by atoms with Crippen LogP contribution in [0.2, 0.25) is 0 Å². The molecule has 3 aromatic rings. The Kier molecular flexibility index (Phi) is 2.41. The van der Waals surface area contributed by atoms with Gasteiger partial charge in [-0.1, -0.05) is 0 Å². The van der Waals surface area contributed by atoms with Crippen LogP contribution in [0.3, 0.4) is 0 Å². The Balaban J connectivity index is 1.70. The molecule has 7 heteroatoms. The lowest BCUT2D eigenvalue weighted by molar-refractivity contribution is 0.738. The number of hydrogen-bond donors (Lipinski definition) is 1. The predicted molar refractivity (Wildman–Crippen MR) is 59.0 cm³/mol. The average Bonchev–Trinajstić information content (AvgIpc) is 3.02. The second-order valence-corrected chi connectivity index (χ2v) is 3.67. The van der Waals surface area contributed by atoms with Gasteiger partial charge in [-0.2, -0.15) is 5.10 Å². The van der Waals surface area contributed by atoms with E-state index in [0.717, 1.165) is 11.6 Å². The molecule has 3 heterocycles. The maximum Gasteiger partial charge on any atom is 0.170 e. The normalized spacial score (nSPS) is 10.8. The second-order valence-electron chi connectivity index (χ2n) is 3.67. The summed E-state index contributed by atoms with van der Waals surface area (Å²) in [5.41, 5.74) is 0. The van der Waals surface area contributed by atoms with Crippen LogP contribution in [-0.4, -0.2) is 34.3 Å². The molecule has 0 fully saturated rings. The number of aromatic amines is 1. The fourth-order valence-corrected chi connectivity index (χ4v) is 1.57. The lowest BCUT2D eigenvalue weighted by Gasteiger charge is -1.96. The number of aromatic nitrogens is 7. The first-order valence-corrected chi connectivity index (χ1v) is 5.22. The molecule has 17 heavy (non-hydrogen) atoms. The van der Waals surface area contributed by atoms with Gasteiger partial charge in [0.25, 0.3) is 0 Å². The standard InChI is InChI=1S/C10H11N7/c1-3-16(7-11-1)5-9-13-10(15-14-9)6-17-4-2-12-8-17/h1-4,7-8H,5-6H2,(H,13,14,15). The minimum absolute atomic E-state index is 0.625. The molecule has 3 rings (SSSR count). The summed E-state index contributed by atoms with van der Waals surface area (Å²) in [5.74, 6) is 1.57. The molecule has 0 radical (unpaired) electrons. The van der Waals surface area contributed by atoms with Crippen LogP contribution < -0.4 is 0 Å². The molecule has 0 amide bonds. The highest BCUT2D eigenvalue weighted by atomic mass is 15.2. The van der Waals surface area contributed by atoms with Crippen molar-refractivity contribution in [1.82, 2.24) is 34.3 Å². The van der Waals surface area contributed by atoms with E-state index in [2.05, 4.69) is 25.1 Å². The van der Waals surface area contributed by atoms with E-state index >= 15 is 0 Å². The fraction of sp³-hybridized carbons (Fsp3) is 0.200. The zero-order valence-electron chi connectivity index (χ0n) is 9.06. The van der Waals surface area contributed by atoms with Crippen LogP contribution in [0.4, 0.5) is 0 Å². The topological polar surface area (TPSA) is 77.2 Å². The van der Waals surface area contributed by atoms with Gasteiger partial charge in [0.1, 0.15) is 5.82 Å². The van der Waals surface area contributed by atoms with Crippen molar-refractivity contribution in [3.63, 3.8) is 0 Å². The summed E-state index contributed by atoms with van der Waals surface area (Å²) in [6, 6.07) is 0. The zero-order valence-corrected chi connectivity index (χ0v) is 9.06. The first kappa shape index (κ1) is 9.76. The maximum atomic E-state index is 4.40. The van der Waals surface area contributed by atoms with Crippen molar-refractivity contribution >= 4 is 0 Å². The van der Waals surface area contributed by atoms with Crippen molar-refractivity contribution in [1.29, 1.82) is 0 Å². The average molecular weight is 229 g/mol. The molecule has 0 aliphatic carbocycles. The van der Waals surface area contributed by atoms with Gasteiger partial charge >= 0.3 is 0 Å². The van der Waals surface area contributed by atoms with Crippen LogP contribution in [-0.2, 0) is 13.1 Å². The third kappa shape index (κ3) is 2.22. The van der Waals surface area contributed by atoms with Gasteiger partial charge in [-0.3, -0.25) is 5.10 Å². The van der Waals surface area contributed by atoms with E-state index in [1.165, 1.54) is 0 Å². The summed E-state index contributed by atoms with van der Waals surface area (Å²) in [7, 11) is 0. The van der Waals surface area contributed by atoms with Gasteiger partial charge in [0, 0.05) is 24.8 Å². The van der Waals surface area contributed by atoms with Crippen molar-refractivity contribution in [3.8, 4) is 0 Å². The number of rotatable bonds is 4. The number of nitrogens with zero attached hydrogens (tertiary/aromatic N) is 6. The molecule has 0 unspecified atom stereocenters. The second kappa shape index (κ2) is 4.20. The van der Waals surface area contributed by atoms with Crippen LogP contribution >= 0.6 is 0 Å². The number of hydrogen-bond acceptors (Lipinski definition) is 4. The molecule has 7 nitrogen and oxygen atoms in total. The molecule has 0 aromatic carbocycles. The van der Waals surface area contributed by atoms with E-state index in [4.69, 9.17) is 0 Å². The van der Waals surface area contributed by atoms with Crippen molar-refractivity contribution in [2.24, 2.45) is 0 Å². The highest BCUT2D eigenvalue weighted by molar-refractivity contribution is 4.94. The van der Waals surface area contributed by atoms with Gasteiger partial charge in [0.05, 0.1) is 25.7 Å². The molecule has 0 aliphatic heterocycles. The van der Waals surface area contributed by atoms with E-state index in [1.807, 2.05) is 21.5 Å². The fourth-order valence-electron chi connectivity index (χ4n) is 1.57. The first-order chi connectivity index (χ1) is 8.40. The van der Waals surface area contributed by atoms with Gasteiger partial charge in [-0.05, 0) is 0 Å². The summed E-state index contributed by atoms with van der Waals surface area (Å²) in [4.78, 5) is 12.3. The quantitative estimate of drug-likeness (QED) is 0.697. The summed E-state index contributed by atoms with van der Waals surface area (Å²) in [6.45, 7) is 1.28. The van der Waals surface area contributed by atoms with Crippen LogP contribution in [0, 0.1) is 0 Å². The predicted octanol–water partition coefficient (Wildman–Crippen LogP) is 0.294. The van der Waals surface area contributed by atoms with Crippen molar-refractivity contribution in [3.05, 3.63) is 49.1 Å². The largest absolute Gasteiger partial charge is 0.330 e. The maximum absolute atomic E-state index is 4.40. The summed E-state index contributed by atoms with van der Waals surface area (Å²) < 4.78 is 3.85. The molecule has 86 valence electrons. The summed E-state index contributed by atoms with van der Waals surface area (Å²) in [5, 5.41) is 7.07. The highest BCUT2D eigenvalue weighted by Crippen LogP contribution is 1.99. The first-order valence-electron chi connectivity index (χ1n) is 5.22. The van der Waals surface area contributed by atoms with E-state index in [9.17, 15) is 0 Å². The molecule has 0 saturated carbocycles. The Labute approximate surface area is 97.2 Å². The third-order valence-electron chi connectivity index (χ3n) is 2.35. The number of imidazole rings is 2. The molecule has 0 aliphatic rings. The van der Waals surface area contributed by atoms with Crippen molar-refractivity contribution < 1.29 is 0 Å². The molecule has 0 bridgehead atoms. The van der Waals surface area contributed by atoms with E-state index in [-0.39, 0.29) is 0 Å². The van der Waals surface area contributed by atoms with Crippen molar-refractivity contribution in [2.75, 3.05) is 0 Å². The minimum atomic E-state index is 0.625. The van der Waals surface area contributed by atoms with Gasteiger partial charge < -0.3 is 9.13 Å². The Morgan fingerprint density at radius 1 is 1.00 bits per heavy atom. The van der Waals surface area contributed by atoms with Crippen LogP contribution in [0.25, 0.3) is 0 Å². The van der Waals surface area contributed by atoms with E-state index < -0.39 is 0 Å². The van der Waals surface area contributed by atoms with Crippen molar-refractivity contribution in [2.45, 2.75) is 13.1 Å². The molecule has 0 spiro atoms. The van der Waals surface area contributed by atoms with Crippen LogP contribution in [0.1, 0.15) is 11.6 Å². The van der Waals surface area contributed by atoms with Gasteiger partial charge in [0.2, 0.25) is 0 Å². The Bertz CT molecular complexity index is 513. The molecule has 0 saturated heterocycles. The van der Waals surface area contributed by atoms with Gasteiger partial charge in [-0.25, -0.2) is 15.0 Å². The molecule has 1 N–H and O–H groups in total. The van der Waals surface area contributed by atoms with Gasteiger partial charge in [0.15, 0.2) is 5.82 Å². The molecular formula is C10H11N7. The lowest BCUT2D eigenvalue weighted by Crippen LogP contribution is -2.00. The molecule has 0 atom stereocenters. The third-order valence-corrected chi connectivity index (χ3v) is 2.35. The molecular weight excluding hydrogens is 218 g/mol. The minimum Gasteiger partial charge on any atom is -0.330 e. The lowest BCUT2D eigenvalue weighted by atomic mass is 10.5. The monoisotopic (exact) mass is 229 g/mol. The zero-order chi connectivity index (χ0) is 11.5. The summed E-state index contributed by atoms with van der Waals surface area (Å²) >= 11 is 0. The Morgan fingerprint density at radius 3 is 2.35 bits per heavy atom. The van der Waals surface area contributed by atoms with Crippen LogP contribution in [0.5, 0.6) is 0 Å². The highest BCUT2D eigenvalue weighted by Gasteiger charge is 2.04. The Hall–Kier alpha value is -2.44. The SMILES string of the molecule is c1cn(Cc2n[nH]c(Cn3ccnc3)n2)cn1. The smallest absolute Gasteiger partial charge is 0.170 e. The van der Waals surface area contributed by atoms with Crippen LogP contribution in [0.15, 0.2) is 37.4 Å². The van der Waals surface area contributed by atoms with E-state index in [1.54, 1.807) is 25.0 Å².